The zero-order chi connectivity index (χ0) is 15.5. The molecular weight excluding hydrogens is 362 g/mol. The lowest BCUT2D eigenvalue weighted by Crippen LogP contribution is -2.38. The van der Waals surface area contributed by atoms with E-state index in [2.05, 4.69) is 26.0 Å². The van der Waals surface area contributed by atoms with E-state index in [0.717, 1.165) is 25.9 Å². The summed E-state index contributed by atoms with van der Waals surface area (Å²) in [7, 11) is -3.65. The van der Waals surface area contributed by atoms with E-state index < -0.39 is 14.9 Å². The quantitative estimate of drug-likeness (QED) is 0.599. The molecule has 1 atom stereocenters. The number of hydrogen-bond donors (Lipinski definition) is 2. The van der Waals surface area contributed by atoms with Gasteiger partial charge in [0.05, 0.1) is 14.3 Å². The van der Waals surface area contributed by atoms with Crippen LogP contribution in [0.15, 0.2) is 27.6 Å². The summed E-state index contributed by atoms with van der Waals surface area (Å²) in [4.78, 5) is 10.2. The monoisotopic (exact) mass is 377 g/mol. The van der Waals surface area contributed by atoms with Gasteiger partial charge in [-0.2, -0.15) is 0 Å². The van der Waals surface area contributed by atoms with Crippen molar-refractivity contribution in [3.8, 4) is 0 Å². The van der Waals surface area contributed by atoms with Crippen LogP contribution in [0.2, 0.25) is 0 Å². The van der Waals surface area contributed by atoms with Gasteiger partial charge >= 0.3 is 0 Å². The molecule has 1 aromatic rings. The van der Waals surface area contributed by atoms with E-state index in [1.807, 2.05) is 0 Å². The SMILES string of the molecule is O=[N+]([O-])c1ccc(S(=O)(=O)NCC2CCCNC2)cc1Br. The van der Waals surface area contributed by atoms with Gasteiger partial charge in [-0.3, -0.25) is 10.1 Å². The van der Waals surface area contributed by atoms with Crippen LogP contribution < -0.4 is 10.0 Å². The van der Waals surface area contributed by atoms with E-state index in [4.69, 9.17) is 0 Å². The first-order valence-electron chi connectivity index (χ1n) is 6.54. The molecule has 9 heteroatoms. The van der Waals surface area contributed by atoms with Crippen molar-refractivity contribution in [2.24, 2.45) is 5.92 Å². The van der Waals surface area contributed by atoms with Crippen LogP contribution in [-0.4, -0.2) is 33.0 Å². The molecule has 1 saturated heterocycles. The third-order valence-electron chi connectivity index (χ3n) is 3.39. The van der Waals surface area contributed by atoms with Crippen molar-refractivity contribution in [2.45, 2.75) is 17.7 Å². The minimum Gasteiger partial charge on any atom is -0.316 e. The molecule has 0 spiro atoms. The number of benzene rings is 1. The fourth-order valence-electron chi connectivity index (χ4n) is 2.21. The molecule has 21 heavy (non-hydrogen) atoms. The zero-order valence-electron chi connectivity index (χ0n) is 11.2. The van der Waals surface area contributed by atoms with Crippen molar-refractivity contribution in [1.29, 1.82) is 0 Å². The second kappa shape index (κ2) is 6.82. The number of rotatable bonds is 5. The van der Waals surface area contributed by atoms with Crippen molar-refractivity contribution < 1.29 is 13.3 Å². The van der Waals surface area contributed by atoms with Crippen LogP contribution >= 0.6 is 15.9 Å². The van der Waals surface area contributed by atoms with Gasteiger partial charge in [0.25, 0.3) is 5.69 Å². The van der Waals surface area contributed by atoms with Crippen LogP contribution in [0.3, 0.4) is 0 Å². The van der Waals surface area contributed by atoms with Gasteiger partial charge in [-0.1, -0.05) is 0 Å². The topological polar surface area (TPSA) is 101 Å². The first-order valence-corrected chi connectivity index (χ1v) is 8.82. The molecule has 2 N–H and O–H groups in total. The fraction of sp³-hybridized carbons (Fsp3) is 0.500. The molecule has 0 amide bonds. The van der Waals surface area contributed by atoms with E-state index in [-0.39, 0.29) is 21.0 Å². The normalized spacial score (nSPS) is 19.4. The standard InChI is InChI=1S/C12H16BrN3O4S/c13-11-6-10(3-4-12(11)16(17)18)21(19,20)15-8-9-2-1-5-14-7-9/h3-4,6,9,14-15H,1-2,5,7-8H2. The van der Waals surface area contributed by atoms with Crippen LogP contribution in [0.1, 0.15) is 12.8 Å². The first-order chi connectivity index (χ1) is 9.90. The summed E-state index contributed by atoms with van der Waals surface area (Å²) in [5.74, 6) is 0.273. The highest BCUT2D eigenvalue weighted by atomic mass is 79.9. The fourth-order valence-corrected chi connectivity index (χ4v) is 4.03. The van der Waals surface area contributed by atoms with Gasteiger partial charge in [-0.15, -0.1) is 0 Å². The summed E-state index contributed by atoms with van der Waals surface area (Å²) in [5.41, 5.74) is -0.162. The van der Waals surface area contributed by atoms with E-state index in [9.17, 15) is 18.5 Å². The molecule has 0 saturated carbocycles. The molecular formula is C12H16BrN3O4S. The number of hydrogen-bond acceptors (Lipinski definition) is 5. The van der Waals surface area contributed by atoms with Gasteiger partial charge in [0.1, 0.15) is 0 Å². The molecule has 1 aliphatic heterocycles. The second-order valence-corrected chi connectivity index (χ2v) is 7.56. The lowest BCUT2D eigenvalue weighted by atomic mass is 10.0. The van der Waals surface area contributed by atoms with Crippen molar-refractivity contribution >= 4 is 31.6 Å². The summed E-state index contributed by atoms with van der Waals surface area (Å²) in [5, 5.41) is 13.9. The predicted molar refractivity (Wildman–Crippen MR) is 81.6 cm³/mol. The van der Waals surface area contributed by atoms with Crippen LogP contribution in [0, 0.1) is 16.0 Å². The Morgan fingerprint density at radius 2 is 2.24 bits per heavy atom. The van der Waals surface area contributed by atoms with Gasteiger partial charge in [0.2, 0.25) is 10.0 Å². The Kier molecular flexibility index (Phi) is 5.31. The molecule has 2 rings (SSSR count). The highest BCUT2D eigenvalue weighted by molar-refractivity contribution is 9.10. The van der Waals surface area contributed by atoms with Gasteiger partial charge in [-0.05, 0) is 59.9 Å². The molecule has 1 fully saturated rings. The number of nitrogens with one attached hydrogen (secondary N) is 2. The number of nitrogens with zero attached hydrogens (tertiary/aromatic N) is 1. The number of piperidine rings is 1. The lowest BCUT2D eigenvalue weighted by Gasteiger charge is -2.22. The van der Waals surface area contributed by atoms with Crippen molar-refractivity contribution in [2.75, 3.05) is 19.6 Å². The molecule has 116 valence electrons. The molecule has 7 nitrogen and oxygen atoms in total. The van der Waals surface area contributed by atoms with Gasteiger partial charge in [0.15, 0.2) is 0 Å². The van der Waals surface area contributed by atoms with Gasteiger partial charge in [0, 0.05) is 12.6 Å². The minimum absolute atomic E-state index is 0.0174. The Morgan fingerprint density at radius 3 is 2.81 bits per heavy atom. The molecule has 1 aliphatic rings. The van der Waals surface area contributed by atoms with Crippen LogP contribution in [0.5, 0.6) is 0 Å². The van der Waals surface area contributed by atoms with E-state index in [0.29, 0.717) is 6.54 Å². The molecule has 0 bridgehead atoms. The highest BCUT2D eigenvalue weighted by Crippen LogP contribution is 2.27. The van der Waals surface area contributed by atoms with Crippen LogP contribution in [0.25, 0.3) is 0 Å². The molecule has 0 aromatic heterocycles. The van der Waals surface area contributed by atoms with E-state index >= 15 is 0 Å². The predicted octanol–water partition coefficient (Wildman–Crippen LogP) is 1.64. The molecule has 0 radical (unpaired) electrons. The largest absolute Gasteiger partial charge is 0.316 e. The van der Waals surface area contributed by atoms with Crippen molar-refractivity contribution in [1.82, 2.24) is 10.0 Å². The van der Waals surface area contributed by atoms with Crippen LogP contribution in [0.4, 0.5) is 5.69 Å². The maximum Gasteiger partial charge on any atom is 0.283 e. The minimum atomic E-state index is -3.65. The smallest absolute Gasteiger partial charge is 0.283 e. The lowest BCUT2D eigenvalue weighted by molar-refractivity contribution is -0.385. The summed E-state index contributed by atoms with van der Waals surface area (Å²) in [6, 6.07) is 3.67. The number of halogens is 1. The first kappa shape index (κ1) is 16.3. The Bertz CT molecular complexity index is 629. The number of nitro benzene ring substituents is 1. The summed E-state index contributed by atoms with van der Waals surface area (Å²) in [6.45, 7) is 2.13. The zero-order valence-corrected chi connectivity index (χ0v) is 13.6. The average Bonchev–Trinajstić information content (AvgIpc) is 2.46. The Balaban J connectivity index is 2.08. The average molecular weight is 378 g/mol. The summed E-state index contributed by atoms with van der Waals surface area (Å²) in [6.07, 6.45) is 2.02. The third-order valence-corrected chi connectivity index (χ3v) is 5.44. The van der Waals surface area contributed by atoms with Crippen LogP contribution in [-0.2, 0) is 10.0 Å². The van der Waals surface area contributed by atoms with Crippen molar-refractivity contribution in [3.63, 3.8) is 0 Å². The number of nitro groups is 1. The summed E-state index contributed by atoms with van der Waals surface area (Å²) < 4.78 is 27.1. The highest BCUT2D eigenvalue weighted by Gasteiger charge is 2.21. The Labute approximate surface area is 131 Å². The summed E-state index contributed by atoms with van der Waals surface area (Å²) >= 11 is 3.02. The Hall–Kier alpha value is -1.03. The van der Waals surface area contributed by atoms with E-state index in [1.165, 1.54) is 18.2 Å². The molecule has 1 aromatic carbocycles. The maximum absolute atomic E-state index is 12.2. The second-order valence-electron chi connectivity index (χ2n) is 4.93. The van der Waals surface area contributed by atoms with Gasteiger partial charge in [-0.25, -0.2) is 13.1 Å². The molecule has 0 aliphatic carbocycles. The van der Waals surface area contributed by atoms with E-state index in [1.54, 1.807) is 0 Å². The number of sulfonamides is 1. The van der Waals surface area contributed by atoms with Crippen molar-refractivity contribution in [3.05, 3.63) is 32.8 Å². The molecule has 1 heterocycles. The maximum atomic E-state index is 12.2. The van der Waals surface area contributed by atoms with Gasteiger partial charge < -0.3 is 5.32 Å². The third kappa shape index (κ3) is 4.22. The molecule has 1 unspecified atom stereocenters. The Morgan fingerprint density at radius 1 is 1.48 bits per heavy atom.